The third-order valence-electron chi connectivity index (χ3n) is 1.81. The van der Waals surface area contributed by atoms with Gasteiger partial charge in [0.15, 0.2) is 0 Å². The molecular weight excluding hydrogens is 205 g/mol. The van der Waals surface area contributed by atoms with Gasteiger partial charge in [-0.2, -0.15) is 5.10 Å². The molecule has 5 heteroatoms. The monoisotopic (exact) mass is 211 g/mol. The summed E-state index contributed by atoms with van der Waals surface area (Å²) >= 11 is 5.72. The lowest BCUT2D eigenvalue weighted by Gasteiger charge is -2.03. The molecule has 1 aromatic carbocycles. The van der Waals surface area contributed by atoms with Crippen molar-refractivity contribution in [2.45, 2.75) is 0 Å². The van der Waals surface area contributed by atoms with Gasteiger partial charge in [-0.05, 0) is 18.2 Å². The Morgan fingerprint density at radius 1 is 1.43 bits per heavy atom. The molecule has 0 fully saturated rings. The van der Waals surface area contributed by atoms with Crippen LogP contribution in [0, 0.1) is 5.82 Å². The number of nitrogens with zero attached hydrogens (tertiary/aromatic N) is 2. The Labute approximate surface area is 84.9 Å². The predicted octanol–water partition coefficient (Wildman–Crippen LogP) is 2.25. The molecule has 1 aromatic heterocycles. The molecule has 3 nitrogen and oxygen atoms in total. The van der Waals surface area contributed by atoms with Crippen LogP contribution in [-0.2, 0) is 0 Å². The molecule has 0 aliphatic carbocycles. The lowest BCUT2D eigenvalue weighted by molar-refractivity contribution is 0.625. The second-order valence-corrected chi connectivity index (χ2v) is 3.18. The molecule has 0 saturated carbocycles. The number of benzene rings is 1. The molecule has 1 heterocycles. The molecule has 2 rings (SSSR count). The normalized spacial score (nSPS) is 10.4. The van der Waals surface area contributed by atoms with Crippen molar-refractivity contribution in [3.63, 3.8) is 0 Å². The molecule has 72 valence electrons. The van der Waals surface area contributed by atoms with Crippen LogP contribution in [-0.4, -0.2) is 9.78 Å². The van der Waals surface area contributed by atoms with Crippen LogP contribution in [0.2, 0.25) is 5.02 Å². The van der Waals surface area contributed by atoms with Gasteiger partial charge in [-0.15, -0.1) is 0 Å². The molecule has 14 heavy (non-hydrogen) atoms. The van der Waals surface area contributed by atoms with Gasteiger partial charge in [-0.25, -0.2) is 9.07 Å². The third-order valence-corrected chi connectivity index (χ3v) is 2.10. The average Bonchev–Trinajstić information content (AvgIpc) is 2.48. The second-order valence-electron chi connectivity index (χ2n) is 2.77. The number of anilines is 1. The van der Waals surface area contributed by atoms with Crippen LogP contribution < -0.4 is 5.73 Å². The first-order valence-electron chi connectivity index (χ1n) is 3.93. The summed E-state index contributed by atoms with van der Waals surface area (Å²) in [6.07, 6.45) is 1.42. The zero-order chi connectivity index (χ0) is 10.1. The molecule has 0 atom stereocenters. The first-order valence-corrected chi connectivity index (χ1v) is 4.31. The first kappa shape index (κ1) is 9.02. The van der Waals surface area contributed by atoms with Crippen molar-refractivity contribution in [2.75, 3.05) is 5.73 Å². The van der Waals surface area contributed by atoms with E-state index in [4.69, 9.17) is 17.3 Å². The maximum Gasteiger partial charge on any atom is 0.146 e. The zero-order valence-corrected chi connectivity index (χ0v) is 7.87. The van der Waals surface area contributed by atoms with Gasteiger partial charge in [0.2, 0.25) is 0 Å². The summed E-state index contributed by atoms with van der Waals surface area (Å²) in [6.45, 7) is 0. The van der Waals surface area contributed by atoms with Crippen LogP contribution in [0.3, 0.4) is 0 Å². The van der Waals surface area contributed by atoms with E-state index < -0.39 is 0 Å². The highest BCUT2D eigenvalue weighted by Gasteiger charge is 2.06. The number of nitrogens with two attached hydrogens (primary N) is 1. The van der Waals surface area contributed by atoms with Gasteiger partial charge < -0.3 is 5.73 Å². The fraction of sp³-hybridized carbons (Fsp3) is 0. The number of hydrogen-bond acceptors (Lipinski definition) is 2. The Bertz CT molecular complexity index is 467. The van der Waals surface area contributed by atoms with Crippen LogP contribution in [0.4, 0.5) is 10.2 Å². The molecule has 0 aliphatic rings. The van der Waals surface area contributed by atoms with Crippen molar-refractivity contribution in [3.8, 4) is 5.69 Å². The molecule has 0 spiro atoms. The smallest absolute Gasteiger partial charge is 0.146 e. The van der Waals surface area contributed by atoms with Gasteiger partial charge in [0.1, 0.15) is 16.7 Å². The number of aromatic nitrogens is 2. The maximum atomic E-state index is 12.9. The van der Waals surface area contributed by atoms with E-state index in [-0.39, 0.29) is 5.82 Å². The third kappa shape index (κ3) is 1.44. The standard InChI is InChI=1S/C9H7ClFN3/c10-8-5-13-14(9(8)12)7-3-1-2-6(11)4-7/h1-5H,12H2. The van der Waals surface area contributed by atoms with Gasteiger partial charge >= 0.3 is 0 Å². The topological polar surface area (TPSA) is 43.8 Å². The maximum absolute atomic E-state index is 12.9. The van der Waals surface area contributed by atoms with Gasteiger partial charge in [0, 0.05) is 0 Å². The van der Waals surface area contributed by atoms with Crippen LogP contribution in [0.25, 0.3) is 5.69 Å². The minimum Gasteiger partial charge on any atom is -0.382 e. The first-order chi connectivity index (χ1) is 6.68. The van der Waals surface area contributed by atoms with E-state index in [9.17, 15) is 4.39 Å². The van der Waals surface area contributed by atoms with Gasteiger partial charge in [-0.3, -0.25) is 0 Å². The minimum atomic E-state index is -0.339. The summed E-state index contributed by atoms with van der Waals surface area (Å²) < 4.78 is 14.3. The van der Waals surface area contributed by atoms with Crippen LogP contribution in [0.15, 0.2) is 30.5 Å². The van der Waals surface area contributed by atoms with Crippen molar-refractivity contribution in [1.29, 1.82) is 0 Å². The highest BCUT2D eigenvalue weighted by atomic mass is 35.5. The summed E-state index contributed by atoms with van der Waals surface area (Å²) in [6, 6.07) is 5.97. The van der Waals surface area contributed by atoms with Crippen LogP contribution in [0.1, 0.15) is 0 Å². The molecule has 0 unspecified atom stereocenters. The van der Waals surface area contributed by atoms with E-state index in [0.29, 0.717) is 16.5 Å². The van der Waals surface area contributed by atoms with E-state index in [2.05, 4.69) is 5.10 Å². The molecule has 0 radical (unpaired) electrons. The van der Waals surface area contributed by atoms with Crippen molar-refractivity contribution in [1.82, 2.24) is 9.78 Å². The van der Waals surface area contributed by atoms with Crippen LogP contribution in [0.5, 0.6) is 0 Å². The summed E-state index contributed by atoms with van der Waals surface area (Å²) in [5.41, 5.74) is 6.18. The Hall–Kier alpha value is -1.55. The summed E-state index contributed by atoms with van der Waals surface area (Å²) in [5, 5.41) is 4.28. The summed E-state index contributed by atoms with van der Waals surface area (Å²) in [7, 11) is 0. The van der Waals surface area contributed by atoms with Crippen molar-refractivity contribution >= 4 is 17.4 Å². The lowest BCUT2D eigenvalue weighted by atomic mass is 10.3. The number of halogens is 2. The fourth-order valence-corrected chi connectivity index (χ4v) is 1.28. The second kappa shape index (κ2) is 3.31. The molecule has 2 aromatic rings. The van der Waals surface area contributed by atoms with E-state index in [1.54, 1.807) is 12.1 Å². The quantitative estimate of drug-likeness (QED) is 0.786. The van der Waals surface area contributed by atoms with Crippen LogP contribution >= 0.6 is 11.6 Å². The highest BCUT2D eigenvalue weighted by Crippen LogP contribution is 2.21. The summed E-state index contributed by atoms with van der Waals surface area (Å²) in [4.78, 5) is 0. The van der Waals surface area contributed by atoms with Crippen molar-refractivity contribution in [2.24, 2.45) is 0 Å². The van der Waals surface area contributed by atoms with Gasteiger partial charge in [0.25, 0.3) is 0 Å². The fourth-order valence-electron chi connectivity index (χ4n) is 1.15. The SMILES string of the molecule is Nc1c(Cl)cnn1-c1cccc(F)c1. The Morgan fingerprint density at radius 2 is 2.21 bits per heavy atom. The Kier molecular flexibility index (Phi) is 2.13. The summed E-state index contributed by atoms with van der Waals surface area (Å²) in [5.74, 6) is -0.0363. The lowest BCUT2D eigenvalue weighted by Crippen LogP contribution is -2.01. The van der Waals surface area contributed by atoms with E-state index >= 15 is 0 Å². The van der Waals surface area contributed by atoms with E-state index in [0.717, 1.165) is 0 Å². The van der Waals surface area contributed by atoms with E-state index in [1.807, 2.05) is 0 Å². The number of nitrogen functional groups attached to an aromatic ring is 1. The zero-order valence-electron chi connectivity index (χ0n) is 7.11. The highest BCUT2D eigenvalue weighted by molar-refractivity contribution is 6.32. The molecule has 0 bridgehead atoms. The molecule has 2 N–H and O–H groups in total. The Morgan fingerprint density at radius 3 is 2.79 bits per heavy atom. The number of hydrogen-bond donors (Lipinski definition) is 1. The predicted molar refractivity (Wildman–Crippen MR) is 52.9 cm³/mol. The van der Waals surface area contributed by atoms with Gasteiger partial charge in [-0.1, -0.05) is 17.7 Å². The molecular formula is C9H7ClFN3. The largest absolute Gasteiger partial charge is 0.382 e. The van der Waals surface area contributed by atoms with E-state index in [1.165, 1.54) is 23.0 Å². The molecule has 0 saturated heterocycles. The molecule has 0 amide bonds. The minimum absolute atomic E-state index is 0.303. The van der Waals surface area contributed by atoms with Crippen molar-refractivity contribution in [3.05, 3.63) is 41.3 Å². The average molecular weight is 212 g/mol. The number of rotatable bonds is 1. The van der Waals surface area contributed by atoms with Crippen molar-refractivity contribution < 1.29 is 4.39 Å². The van der Waals surface area contributed by atoms with Gasteiger partial charge in [0.05, 0.1) is 11.9 Å². The molecule has 0 aliphatic heterocycles. The Balaban J connectivity index is 2.55.